The summed E-state index contributed by atoms with van der Waals surface area (Å²) in [6, 6.07) is -0.538. The molecule has 2 atom stereocenters. The van der Waals surface area contributed by atoms with Gasteiger partial charge in [0.15, 0.2) is 0 Å². The lowest BCUT2D eigenvalue weighted by molar-refractivity contribution is -0.143. The first kappa shape index (κ1) is 79.1. The molecule has 0 aromatic heterocycles. The SMILES string of the molecule is CCCCCCCC/C=C\CCCCCCCC(=O)OCCCCCCCCCCCCCCC/C=C\C/C=C\CCCCCCCCCCCCCCCCCCCC(=O)NC(CO)C(O)CCCCCCCCCCCCCC. The molecule has 0 aromatic rings. The molecule has 6 nitrogen and oxygen atoms in total. The highest BCUT2D eigenvalue weighted by molar-refractivity contribution is 5.76. The van der Waals surface area contributed by atoms with Crippen LogP contribution in [-0.2, 0) is 14.3 Å². The van der Waals surface area contributed by atoms with E-state index >= 15 is 0 Å². The summed E-state index contributed by atoms with van der Waals surface area (Å²) in [5, 5.41) is 23.3. The zero-order chi connectivity index (χ0) is 58.5. The number of hydrogen-bond donors (Lipinski definition) is 3. The van der Waals surface area contributed by atoms with Crippen molar-refractivity contribution in [3.05, 3.63) is 36.5 Å². The first-order valence-corrected chi connectivity index (χ1v) is 36.7. The number of aliphatic hydroxyl groups excluding tert-OH is 2. The molecule has 81 heavy (non-hydrogen) atoms. The number of aliphatic hydroxyl groups is 2. The van der Waals surface area contributed by atoms with Crippen LogP contribution in [0.1, 0.15) is 406 Å². The fourth-order valence-corrected chi connectivity index (χ4v) is 11.6. The van der Waals surface area contributed by atoms with Crippen molar-refractivity contribution in [3.63, 3.8) is 0 Å². The third-order valence-electron chi connectivity index (χ3n) is 17.2. The predicted molar refractivity (Wildman–Crippen MR) is 356 cm³/mol. The molecule has 0 spiro atoms. The van der Waals surface area contributed by atoms with E-state index in [1.807, 2.05) is 0 Å². The number of esters is 1. The number of amides is 1. The monoisotopic (exact) mass is 1140 g/mol. The van der Waals surface area contributed by atoms with Gasteiger partial charge in [-0.3, -0.25) is 9.59 Å². The number of hydrogen-bond acceptors (Lipinski definition) is 5. The second-order valence-corrected chi connectivity index (χ2v) is 25.3. The Labute approximate surface area is 506 Å². The largest absolute Gasteiger partial charge is 0.466 e. The van der Waals surface area contributed by atoms with Crippen LogP contribution in [0, 0.1) is 0 Å². The number of ether oxygens (including phenoxy) is 1. The van der Waals surface area contributed by atoms with Crippen molar-refractivity contribution in [1.82, 2.24) is 5.32 Å². The zero-order valence-corrected chi connectivity index (χ0v) is 54.8. The van der Waals surface area contributed by atoms with Crippen molar-refractivity contribution in [2.24, 2.45) is 0 Å². The van der Waals surface area contributed by atoms with Gasteiger partial charge in [0.2, 0.25) is 5.91 Å². The van der Waals surface area contributed by atoms with E-state index in [-0.39, 0.29) is 18.5 Å². The van der Waals surface area contributed by atoms with Crippen LogP contribution in [0.15, 0.2) is 36.5 Å². The lowest BCUT2D eigenvalue weighted by Gasteiger charge is -2.22. The highest BCUT2D eigenvalue weighted by atomic mass is 16.5. The number of carbonyl (C=O) groups is 2. The zero-order valence-electron chi connectivity index (χ0n) is 54.8. The Morgan fingerprint density at radius 1 is 0.346 bits per heavy atom. The number of rotatable bonds is 69. The van der Waals surface area contributed by atoms with E-state index in [9.17, 15) is 19.8 Å². The molecule has 1 amide bonds. The molecule has 0 heterocycles. The molecule has 0 saturated carbocycles. The molecular formula is C75H143NO5. The molecule has 0 fully saturated rings. The van der Waals surface area contributed by atoms with Crippen LogP contribution in [0.4, 0.5) is 0 Å². The molecule has 0 saturated heterocycles. The second kappa shape index (κ2) is 70.6. The molecule has 0 radical (unpaired) electrons. The molecule has 0 aliphatic heterocycles. The maximum atomic E-state index is 12.5. The molecule has 0 bridgehead atoms. The van der Waals surface area contributed by atoms with E-state index in [1.54, 1.807) is 0 Å². The van der Waals surface area contributed by atoms with E-state index in [0.29, 0.717) is 25.9 Å². The normalized spacial score (nSPS) is 12.7. The summed E-state index contributed by atoms with van der Waals surface area (Å²) in [4.78, 5) is 24.5. The summed E-state index contributed by atoms with van der Waals surface area (Å²) < 4.78 is 5.49. The quantitative estimate of drug-likeness (QED) is 0.0320. The topological polar surface area (TPSA) is 95.9 Å². The van der Waals surface area contributed by atoms with Gasteiger partial charge in [-0.05, 0) is 83.5 Å². The van der Waals surface area contributed by atoms with Gasteiger partial charge in [0.05, 0.1) is 25.4 Å². The summed E-state index contributed by atoms with van der Waals surface area (Å²) in [6.07, 6.45) is 90.8. The van der Waals surface area contributed by atoms with Crippen LogP contribution in [0.3, 0.4) is 0 Å². The van der Waals surface area contributed by atoms with E-state index in [2.05, 4.69) is 55.6 Å². The van der Waals surface area contributed by atoms with E-state index < -0.39 is 12.1 Å². The number of allylic oxidation sites excluding steroid dienone is 6. The van der Waals surface area contributed by atoms with Crippen molar-refractivity contribution in [2.45, 2.75) is 418 Å². The lowest BCUT2D eigenvalue weighted by atomic mass is 10.0. The molecule has 0 aliphatic carbocycles. The molecule has 6 heteroatoms. The van der Waals surface area contributed by atoms with Gasteiger partial charge in [-0.15, -0.1) is 0 Å². The molecule has 2 unspecified atom stereocenters. The van der Waals surface area contributed by atoms with Gasteiger partial charge in [0, 0.05) is 12.8 Å². The standard InChI is InChI=1S/C75H143NO5/c1-3-5-7-9-11-13-15-17-41-45-49-53-57-61-65-69-75(80)81-70-66-62-58-54-50-46-43-40-38-36-34-32-30-28-26-24-22-20-18-19-21-23-25-27-29-31-33-35-37-39-42-44-48-52-56-60-64-68-74(79)76-72(71-77)73(78)67-63-59-55-51-47-16-14-12-10-8-6-4-2/h17-18,20,24,26,41,72-73,77-78H,3-16,19,21-23,25,27-40,42-71H2,1-2H3,(H,76,79)/b20-18-,26-24-,41-17-. The maximum Gasteiger partial charge on any atom is 0.305 e. The number of carbonyl (C=O) groups excluding carboxylic acids is 2. The third kappa shape index (κ3) is 67.1. The van der Waals surface area contributed by atoms with Crippen molar-refractivity contribution in [2.75, 3.05) is 13.2 Å². The molecule has 0 rings (SSSR count). The molecular weight excluding hydrogens is 995 g/mol. The third-order valence-corrected chi connectivity index (χ3v) is 17.2. The minimum atomic E-state index is -0.661. The van der Waals surface area contributed by atoms with E-state index in [1.165, 1.54) is 321 Å². The Morgan fingerprint density at radius 3 is 0.951 bits per heavy atom. The van der Waals surface area contributed by atoms with Crippen molar-refractivity contribution in [1.29, 1.82) is 0 Å². The van der Waals surface area contributed by atoms with Gasteiger partial charge in [0.1, 0.15) is 0 Å². The van der Waals surface area contributed by atoms with E-state index in [0.717, 1.165) is 51.4 Å². The van der Waals surface area contributed by atoms with Crippen LogP contribution < -0.4 is 5.32 Å². The molecule has 3 N–H and O–H groups in total. The molecule has 0 aliphatic rings. The van der Waals surface area contributed by atoms with Gasteiger partial charge in [-0.25, -0.2) is 0 Å². The Hall–Kier alpha value is -1.92. The smallest absolute Gasteiger partial charge is 0.305 e. The van der Waals surface area contributed by atoms with Crippen LogP contribution in [0.25, 0.3) is 0 Å². The average molecular weight is 1140 g/mol. The van der Waals surface area contributed by atoms with Gasteiger partial charge in [0.25, 0.3) is 0 Å². The van der Waals surface area contributed by atoms with E-state index in [4.69, 9.17) is 4.74 Å². The van der Waals surface area contributed by atoms with Crippen LogP contribution in [0.5, 0.6) is 0 Å². The Morgan fingerprint density at radius 2 is 0.617 bits per heavy atom. The predicted octanol–water partition coefficient (Wildman–Crippen LogP) is 23.9. The first-order valence-electron chi connectivity index (χ1n) is 36.7. The summed E-state index contributed by atoms with van der Waals surface area (Å²) in [5.41, 5.74) is 0. The Balaban J connectivity index is 3.34. The molecule has 0 aromatic carbocycles. The fourth-order valence-electron chi connectivity index (χ4n) is 11.6. The van der Waals surface area contributed by atoms with Crippen LogP contribution >= 0.6 is 0 Å². The summed E-state index contributed by atoms with van der Waals surface area (Å²) in [7, 11) is 0. The second-order valence-electron chi connectivity index (χ2n) is 25.3. The van der Waals surface area contributed by atoms with Gasteiger partial charge in [-0.1, -0.05) is 346 Å². The van der Waals surface area contributed by atoms with Gasteiger partial charge < -0.3 is 20.3 Å². The van der Waals surface area contributed by atoms with Crippen molar-refractivity contribution < 1.29 is 24.5 Å². The van der Waals surface area contributed by atoms with Crippen molar-refractivity contribution in [3.8, 4) is 0 Å². The first-order chi connectivity index (χ1) is 40.0. The highest BCUT2D eigenvalue weighted by Crippen LogP contribution is 2.19. The Kier molecular flexibility index (Phi) is 68.9. The number of unbranched alkanes of at least 4 members (excludes halogenated alkanes) is 52. The summed E-state index contributed by atoms with van der Waals surface area (Å²) in [5.74, 6) is -0.0197. The van der Waals surface area contributed by atoms with Gasteiger partial charge >= 0.3 is 5.97 Å². The summed E-state index contributed by atoms with van der Waals surface area (Å²) in [6.45, 7) is 4.97. The van der Waals surface area contributed by atoms with Crippen LogP contribution in [-0.4, -0.2) is 47.4 Å². The molecule has 478 valence electrons. The van der Waals surface area contributed by atoms with Crippen molar-refractivity contribution >= 4 is 11.9 Å². The van der Waals surface area contributed by atoms with Gasteiger partial charge in [-0.2, -0.15) is 0 Å². The maximum absolute atomic E-state index is 12.5. The number of nitrogens with one attached hydrogen (secondary N) is 1. The highest BCUT2D eigenvalue weighted by Gasteiger charge is 2.20. The Bertz CT molecular complexity index is 1310. The minimum Gasteiger partial charge on any atom is -0.466 e. The lowest BCUT2D eigenvalue weighted by Crippen LogP contribution is -2.45. The fraction of sp³-hybridized carbons (Fsp3) is 0.893. The van der Waals surface area contributed by atoms with Crippen LogP contribution in [0.2, 0.25) is 0 Å². The average Bonchev–Trinajstić information content (AvgIpc) is 3.47. The minimum absolute atomic E-state index is 0.0112. The summed E-state index contributed by atoms with van der Waals surface area (Å²) >= 11 is 0.